The Balaban J connectivity index is 0.00000392. The van der Waals surface area contributed by atoms with E-state index in [9.17, 15) is 30.0 Å². The first-order valence-corrected chi connectivity index (χ1v) is 9.33. The number of allylic oxidation sites excluding steroid dienone is 1. The highest BCUT2D eigenvalue weighted by molar-refractivity contribution is 9.09. The molecule has 10 heteroatoms. The smallest absolute Gasteiger partial charge is 0.339 e. The van der Waals surface area contributed by atoms with Crippen molar-refractivity contribution in [1.29, 1.82) is 0 Å². The van der Waals surface area contributed by atoms with Crippen LogP contribution in [0.1, 0.15) is 38.3 Å². The van der Waals surface area contributed by atoms with E-state index in [2.05, 4.69) is 15.9 Å². The van der Waals surface area contributed by atoms with Crippen LogP contribution in [0.3, 0.4) is 0 Å². The summed E-state index contributed by atoms with van der Waals surface area (Å²) in [7, 11) is 0. The predicted octanol–water partition coefficient (Wildman–Crippen LogP) is 5.18. The molecular weight excluding hydrogens is 477 g/mol. The van der Waals surface area contributed by atoms with Gasteiger partial charge in [-0.25, -0.2) is 9.59 Å². The molecule has 0 bridgehead atoms. The van der Waals surface area contributed by atoms with Gasteiger partial charge in [0.25, 0.3) is 0 Å². The second-order valence-corrected chi connectivity index (χ2v) is 7.02. The van der Waals surface area contributed by atoms with Crippen LogP contribution in [0.5, 0.6) is 11.5 Å². The number of hydrogen-bond donors (Lipinski definition) is 5. The number of carboxylic acid groups (broad SMARTS) is 2. The minimum atomic E-state index is -1.37. The predicted molar refractivity (Wildman–Crippen MR) is 111 cm³/mol. The third kappa shape index (κ3) is 4.96. The van der Waals surface area contributed by atoms with Crippen molar-refractivity contribution in [2.24, 2.45) is 0 Å². The van der Waals surface area contributed by atoms with Crippen molar-refractivity contribution in [3.8, 4) is 11.5 Å². The van der Waals surface area contributed by atoms with Gasteiger partial charge in [-0.2, -0.15) is 0 Å². The van der Waals surface area contributed by atoms with Gasteiger partial charge >= 0.3 is 11.9 Å². The van der Waals surface area contributed by atoms with Crippen molar-refractivity contribution in [2.45, 2.75) is 6.42 Å². The van der Waals surface area contributed by atoms with Crippen molar-refractivity contribution >= 4 is 56.6 Å². The van der Waals surface area contributed by atoms with Gasteiger partial charge in [-0.3, -0.25) is 0 Å². The molecule has 0 unspecified atom stereocenters. The van der Waals surface area contributed by atoms with Crippen LogP contribution in [-0.2, 0) is 0 Å². The molecule has 0 aromatic heterocycles. The van der Waals surface area contributed by atoms with Crippen molar-refractivity contribution in [1.82, 2.24) is 6.15 Å². The molecule has 0 atom stereocenters. The molecule has 0 saturated carbocycles. The van der Waals surface area contributed by atoms with Gasteiger partial charge in [0, 0.05) is 5.33 Å². The Labute approximate surface area is 178 Å². The fourth-order valence-corrected chi connectivity index (χ4v) is 3.10. The lowest BCUT2D eigenvalue weighted by Gasteiger charge is -2.14. The fourth-order valence-electron chi connectivity index (χ4n) is 2.44. The number of halogens is 3. The fraction of sp³-hybridized carbons (Fsp3) is 0.111. The van der Waals surface area contributed by atoms with Crippen LogP contribution in [-0.4, -0.2) is 37.7 Å². The maximum absolute atomic E-state index is 11.4. The first-order valence-electron chi connectivity index (χ1n) is 7.45. The van der Waals surface area contributed by atoms with Gasteiger partial charge in [0.15, 0.2) is 0 Å². The Hall–Kier alpha value is -2.26. The van der Waals surface area contributed by atoms with E-state index in [1.165, 1.54) is 24.3 Å². The highest BCUT2D eigenvalue weighted by Gasteiger charge is 2.20. The number of benzene rings is 2. The molecule has 0 amide bonds. The van der Waals surface area contributed by atoms with Gasteiger partial charge in [0.2, 0.25) is 0 Å². The number of aromatic hydroxyl groups is 2. The Morgan fingerprint density at radius 1 is 0.893 bits per heavy atom. The van der Waals surface area contributed by atoms with E-state index in [-0.39, 0.29) is 16.2 Å². The molecule has 0 radical (unpaired) electrons. The summed E-state index contributed by atoms with van der Waals surface area (Å²) < 4.78 is 0. The van der Waals surface area contributed by atoms with E-state index in [0.29, 0.717) is 28.5 Å². The molecule has 0 aliphatic carbocycles. The monoisotopic (exact) mass is 491 g/mol. The minimum Gasteiger partial charge on any atom is -0.505 e. The number of alkyl halides is 1. The van der Waals surface area contributed by atoms with Gasteiger partial charge in [-0.1, -0.05) is 45.2 Å². The number of carboxylic acids is 2. The number of phenols is 2. The van der Waals surface area contributed by atoms with E-state index in [1.807, 2.05) is 0 Å². The van der Waals surface area contributed by atoms with Crippen LogP contribution in [0.15, 0.2) is 30.3 Å². The second kappa shape index (κ2) is 9.79. The maximum atomic E-state index is 11.4. The van der Waals surface area contributed by atoms with Crippen LogP contribution in [0.25, 0.3) is 5.57 Å². The first-order chi connectivity index (χ1) is 12.7. The topological polar surface area (TPSA) is 150 Å². The number of carbonyl (C=O) groups is 2. The molecule has 7 nitrogen and oxygen atoms in total. The molecule has 2 aromatic rings. The van der Waals surface area contributed by atoms with Gasteiger partial charge < -0.3 is 26.6 Å². The summed E-state index contributed by atoms with van der Waals surface area (Å²) in [4.78, 5) is 22.7. The Kier molecular flexibility index (Phi) is 8.31. The Morgan fingerprint density at radius 3 is 1.61 bits per heavy atom. The zero-order valence-corrected chi connectivity index (χ0v) is 17.3. The Morgan fingerprint density at radius 2 is 1.29 bits per heavy atom. The van der Waals surface area contributed by atoms with Gasteiger partial charge in [-0.05, 0) is 47.4 Å². The van der Waals surface area contributed by atoms with Crippen LogP contribution >= 0.6 is 39.1 Å². The van der Waals surface area contributed by atoms with Crippen LogP contribution in [0.4, 0.5) is 0 Å². The molecule has 0 aliphatic heterocycles. The lowest BCUT2D eigenvalue weighted by molar-refractivity contribution is 0.0682. The quantitative estimate of drug-likeness (QED) is 0.348. The standard InChI is InChI=1S/C18H13BrCl2O6.H3N/c19-3-1-2-10(8-4-11(17(24)25)15(22)13(20)6-8)9-5-12(18(26)27)16(23)14(21)7-9;/h2,4-7,22-23H,1,3H2,(H,24,25)(H,26,27);1H3. The van der Waals surface area contributed by atoms with Crippen molar-refractivity contribution < 1.29 is 30.0 Å². The molecule has 0 heterocycles. The summed E-state index contributed by atoms with van der Waals surface area (Å²) in [5.41, 5.74) is 0.336. The Bertz CT molecular complexity index is 890. The highest BCUT2D eigenvalue weighted by atomic mass is 79.9. The van der Waals surface area contributed by atoms with Crippen molar-refractivity contribution in [3.05, 3.63) is 62.6 Å². The summed E-state index contributed by atoms with van der Waals surface area (Å²) in [6.07, 6.45) is 2.26. The van der Waals surface area contributed by atoms with Gasteiger partial charge in [-0.15, -0.1) is 0 Å². The molecular formula is C18H16BrCl2NO6. The third-order valence-corrected chi connectivity index (χ3v) is 4.70. The van der Waals surface area contributed by atoms with Crippen LogP contribution in [0.2, 0.25) is 10.0 Å². The van der Waals surface area contributed by atoms with E-state index >= 15 is 0 Å². The third-order valence-electron chi connectivity index (χ3n) is 3.67. The highest BCUT2D eigenvalue weighted by Crippen LogP contribution is 2.37. The van der Waals surface area contributed by atoms with E-state index < -0.39 is 34.6 Å². The molecule has 0 fully saturated rings. The first kappa shape index (κ1) is 23.8. The molecule has 2 rings (SSSR count). The molecule has 7 N–H and O–H groups in total. The molecule has 28 heavy (non-hydrogen) atoms. The van der Waals surface area contributed by atoms with Crippen LogP contribution < -0.4 is 6.15 Å². The number of rotatable bonds is 6. The zero-order chi connectivity index (χ0) is 20.3. The number of hydrogen-bond acceptors (Lipinski definition) is 5. The van der Waals surface area contributed by atoms with Gasteiger partial charge in [0.05, 0.1) is 10.0 Å². The summed E-state index contributed by atoms with van der Waals surface area (Å²) >= 11 is 15.2. The van der Waals surface area contributed by atoms with Crippen LogP contribution in [0, 0.1) is 0 Å². The second-order valence-electron chi connectivity index (χ2n) is 5.41. The average molecular weight is 493 g/mol. The SMILES string of the molecule is N.O=C(O)c1cc(C(=CCCBr)c2cc(Cl)c(O)c(C(=O)O)c2)cc(Cl)c1O. The molecule has 0 saturated heterocycles. The zero-order valence-electron chi connectivity index (χ0n) is 14.2. The van der Waals surface area contributed by atoms with Gasteiger partial charge in [0.1, 0.15) is 22.6 Å². The largest absolute Gasteiger partial charge is 0.505 e. The van der Waals surface area contributed by atoms with E-state index in [1.54, 1.807) is 6.08 Å². The maximum Gasteiger partial charge on any atom is 0.339 e. The minimum absolute atomic E-state index is 0. The summed E-state index contributed by atoms with van der Waals surface area (Å²) in [6, 6.07) is 5.19. The molecule has 0 aliphatic rings. The average Bonchev–Trinajstić information content (AvgIpc) is 2.60. The number of aromatic carboxylic acids is 2. The van der Waals surface area contributed by atoms with Crippen molar-refractivity contribution in [2.75, 3.05) is 5.33 Å². The summed E-state index contributed by atoms with van der Waals surface area (Å²) in [5, 5.41) is 38.5. The van der Waals surface area contributed by atoms with Crippen molar-refractivity contribution in [3.63, 3.8) is 0 Å². The van der Waals surface area contributed by atoms with E-state index in [0.717, 1.165) is 0 Å². The summed E-state index contributed by atoms with van der Waals surface area (Å²) in [5.74, 6) is -3.87. The lowest BCUT2D eigenvalue weighted by Crippen LogP contribution is -2.02. The van der Waals surface area contributed by atoms with E-state index in [4.69, 9.17) is 23.2 Å². The lowest BCUT2D eigenvalue weighted by atomic mass is 9.93. The summed E-state index contributed by atoms with van der Waals surface area (Å²) in [6.45, 7) is 0. The molecule has 2 aromatic carbocycles. The molecule has 0 spiro atoms. The molecule has 150 valence electrons. The normalized spacial score (nSPS) is 10.1.